The van der Waals surface area contributed by atoms with Crippen LogP contribution in [-0.2, 0) is 19.8 Å². The molecule has 2 aromatic heterocycles. The number of hydrogen-bond donors (Lipinski definition) is 0. The number of alkyl halides is 3. The van der Waals surface area contributed by atoms with Gasteiger partial charge in [-0.25, -0.2) is 9.48 Å². The Kier molecular flexibility index (Phi) is 4.60. The summed E-state index contributed by atoms with van der Waals surface area (Å²) in [7, 11) is 1.58. The standard InChI is InChI=1S/C18H17F3N4O2S/c1-24-16(28-2)23-25(17(24)26)9-11-4-3-5-13(18(19,20)21)14(11)12-8-22-27-15(12)10-6-7-10/h3-5,8,10H,6-7,9H2,1-2H3. The van der Waals surface area contributed by atoms with Gasteiger partial charge in [0.1, 0.15) is 5.76 Å². The van der Waals surface area contributed by atoms with Crippen LogP contribution in [0, 0.1) is 0 Å². The summed E-state index contributed by atoms with van der Waals surface area (Å²) in [6.07, 6.45) is 0.283. The minimum absolute atomic E-state index is 0.00130. The van der Waals surface area contributed by atoms with Crippen molar-refractivity contribution in [1.82, 2.24) is 19.5 Å². The van der Waals surface area contributed by atoms with Crippen molar-refractivity contribution >= 4 is 11.8 Å². The Hall–Kier alpha value is -2.49. The lowest BCUT2D eigenvalue weighted by Gasteiger charge is -2.16. The first kappa shape index (κ1) is 18.9. The van der Waals surface area contributed by atoms with Gasteiger partial charge in [-0.2, -0.15) is 13.2 Å². The molecule has 0 radical (unpaired) electrons. The Morgan fingerprint density at radius 1 is 1.32 bits per heavy atom. The summed E-state index contributed by atoms with van der Waals surface area (Å²) in [5.74, 6) is 0.559. The van der Waals surface area contributed by atoms with Gasteiger partial charge in [0.2, 0.25) is 0 Å². The van der Waals surface area contributed by atoms with Crippen molar-refractivity contribution in [2.75, 3.05) is 6.26 Å². The summed E-state index contributed by atoms with van der Waals surface area (Å²) in [6, 6.07) is 3.96. The SMILES string of the molecule is CSc1nn(Cc2cccc(C(F)(F)F)c2-c2cnoc2C2CC2)c(=O)n1C. The third-order valence-corrected chi connectivity index (χ3v) is 5.50. The van der Waals surface area contributed by atoms with Crippen LogP contribution in [0.2, 0.25) is 0 Å². The van der Waals surface area contributed by atoms with Gasteiger partial charge in [-0.05, 0) is 30.7 Å². The van der Waals surface area contributed by atoms with Crippen LogP contribution in [-0.4, -0.2) is 25.8 Å². The zero-order valence-electron chi connectivity index (χ0n) is 15.2. The summed E-state index contributed by atoms with van der Waals surface area (Å²) in [6.45, 7) is -0.0816. The van der Waals surface area contributed by atoms with Crippen LogP contribution in [0.25, 0.3) is 11.1 Å². The van der Waals surface area contributed by atoms with E-state index in [0.29, 0.717) is 22.0 Å². The van der Waals surface area contributed by atoms with E-state index in [2.05, 4.69) is 10.3 Å². The molecule has 10 heteroatoms. The average Bonchev–Trinajstić information content (AvgIpc) is 3.33. The van der Waals surface area contributed by atoms with Crippen molar-refractivity contribution in [3.8, 4) is 11.1 Å². The zero-order valence-corrected chi connectivity index (χ0v) is 16.0. The molecule has 0 unspecified atom stereocenters. The second-order valence-corrected chi connectivity index (χ2v) is 7.47. The van der Waals surface area contributed by atoms with E-state index in [1.807, 2.05) is 0 Å². The number of benzene rings is 1. The first-order valence-corrected chi connectivity index (χ1v) is 9.85. The van der Waals surface area contributed by atoms with Crippen LogP contribution < -0.4 is 5.69 Å². The number of hydrogen-bond acceptors (Lipinski definition) is 5. The van der Waals surface area contributed by atoms with Gasteiger partial charge in [0, 0.05) is 24.1 Å². The van der Waals surface area contributed by atoms with E-state index in [1.54, 1.807) is 19.4 Å². The van der Waals surface area contributed by atoms with Gasteiger partial charge in [0.15, 0.2) is 5.16 Å². The predicted molar refractivity (Wildman–Crippen MR) is 97.3 cm³/mol. The average molecular weight is 410 g/mol. The second-order valence-electron chi connectivity index (χ2n) is 6.70. The highest BCUT2D eigenvalue weighted by molar-refractivity contribution is 7.98. The van der Waals surface area contributed by atoms with E-state index in [-0.39, 0.29) is 23.7 Å². The first-order valence-electron chi connectivity index (χ1n) is 8.63. The number of rotatable bonds is 5. The minimum Gasteiger partial charge on any atom is -0.360 e. The number of thioether (sulfide) groups is 1. The van der Waals surface area contributed by atoms with Crippen molar-refractivity contribution in [2.24, 2.45) is 7.05 Å². The largest absolute Gasteiger partial charge is 0.417 e. The molecular weight excluding hydrogens is 393 g/mol. The van der Waals surface area contributed by atoms with Crippen LogP contribution in [0.3, 0.4) is 0 Å². The van der Waals surface area contributed by atoms with Gasteiger partial charge < -0.3 is 4.52 Å². The molecule has 1 saturated carbocycles. The van der Waals surface area contributed by atoms with Gasteiger partial charge in [0.25, 0.3) is 0 Å². The quantitative estimate of drug-likeness (QED) is 0.597. The lowest BCUT2D eigenvalue weighted by Crippen LogP contribution is -2.24. The summed E-state index contributed by atoms with van der Waals surface area (Å²) in [5.41, 5.74) is -0.488. The van der Waals surface area contributed by atoms with Crippen molar-refractivity contribution in [1.29, 1.82) is 0 Å². The maximum atomic E-state index is 13.8. The summed E-state index contributed by atoms with van der Waals surface area (Å²) >= 11 is 1.29. The molecule has 3 aromatic rings. The lowest BCUT2D eigenvalue weighted by molar-refractivity contribution is -0.137. The molecule has 0 aliphatic heterocycles. The van der Waals surface area contributed by atoms with Crippen LogP contribution in [0.5, 0.6) is 0 Å². The van der Waals surface area contributed by atoms with E-state index in [9.17, 15) is 18.0 Å². The van der Waals surface area contributed by atoms with Crippen molar-refractivity contribution in [2.45, 2.75) is 36.6 Å². The van der Waals surface area contributed by atoms with Gasteiger partial charge in [-0.15, -0.1) is 5.10 Å². The van der Waals surface area contributed by atoms with E-state index < -0.39 is 11.7 Å². The third-order valence-electron chi connectivity index (χ3n) is 4.78. The Labute approximate surface area is 162 Å². The smallest absolute Gasteiger partial charge is 0.360 e. The van der Waals surface area contributed by atoms with Crippen LogP contribution in [0.4, 0.5) is 13.2 Å². The Morgan fingerprint density at radius 2 is 2.07 bits per heavy atom. The lowest BCUT2D eigenvalue weighted by atomic mass is 9.93. The summed E-state index contributed by atoms with van der Waals surface area (Å²) < 4.78 is 49.1. The molecule has 1 aromatic carbocycles. The second kappa shape index (κ2) is 6.84. The molecule has 6 nitrogen and oxygen atoms in total. The monoisotopic (exact) mass is 410 g/mol. The topological polar surface area (TPSA) is 65.8 Å². The number of halogens is 3. The third kappa shape index (κ3) is 3.25. The summed E-state index contributed by atoms with van der Waals surface area (Å²) in [5, 5.41) is 8.45. The van der Waals surface area contributed by atoms with Crippen molar-refractivity contribution < 1.29 is 17.7 Å². The minimum atomic E-state index is -4.55. The van der Waals surface area contributed by atoms with E-state index in [1.165, 1.54) is 33.3 Å². The van der Waals surface area contributed by atoms with E-state index >= 15 is 0 Å². The van der Waals surface area contributed by atoms with Crippen LogP contribution >= 0.6 is 11.8 Å². The molecule has 2 heterocycles. The van der Waals surface area contributed by atoms with E-state index in [0.717, 1.165) is 18.9 Å². The molecular formula is C18H17F3N4O2S. The molecule has 1 fully saturated rings. The first-order chi connectivity index (χ1) is 13.3. The molecule has 0 amide bonds. The molecule has 0 saturated heterocycles. The van der Waals surface area contributed by atoms with Crippen molar-refractivity contribution in [3.63, 3.8) is 0 Å². The molecule has 28 heavy (non-hydrogen) atoms. The highest BCUT2D eigenvalue weighted by atomic mass is 32.2. The molecule has 0 N–H and O–H groups in total. The molecule has 0 atom stereocenters. The molecule has 0 bridgehead atoms. The fourth-order valence-electron chi connectivity index (χ4n) is 3.27. The van der Waals surface area contributed by atoms with E-state index in [4.69, 9.17) is 4.52 Å². The molecule has 1 aliphatic rings. The van der Waals surface area contributed by atoms with Crippen molar-refractivity contribution in [3.05, 3.63) is 51.8 Å². The Balaban J connectivity index is 1.88. The van der Waals surface area contributed by atoms with Gasteiger partial charge >= 0.3 is 11.9 Å². The maximum absolute atomic E-state index is 13.8. The van der Waals surface area contributed by atoms with Gasteiger partial charge in [0.05, 0.1) is 18.3 Å². The predicted octanol–water partition coefficient (Wildman–Crippen LogP) is 3.90. The molecule has 4 rings (SSSR count). The fourth-order valence-corrected chi connectivity index (χ4v) is 3.80. The number of aromatic nitrogens is 4. The van der Waals surface area contributed by atoms with Crippen LogP contribution in [0.15, 0.2) is 38.9 Å². The molecule has 0 spiro atoms. The zero-order chi connectivity index (χ0) is 20.1. The maximum Gasteiger partial charge on any atom is 0.417 e. The Bertz CT molecular complexity index is 1080. The van der Waals surface area contributed by atoms with Crippen LogP contribution in [0.1, 0.15) is 35.6 Å². The normalized spacial score (nSPS) is 14.6. The van der Waals surface area contributed by atoms with Gasteiger partial charge in [-0.1, -0.05) is 29.1 Å². The summed E-state index contributed by atoms with van der Waals surface area (Å²) in [4.78, 5) is 12.4. The number of nitrogens with zero attached hydrogens (tertiary/aromatic N) is 4. The molecule has 1 aliphatic carbocycles. The van der Waals surface area contributed by atoms with Gasteiger partial charge in [-0.3, -0.25) is 4.57 Å². The highest BCUT2D eigenvalue weighted by Crippen LogP contribution is 2.47. The molecule has 148 valence electrons. The highest BCUT2D eigenvalue weighted by Gasteiger charge is 2.38. The fraction of sp³-hybridized carbons (Fsp3) is 0.389. The Morgan fingerprint density at radius 3 is 2.68 bits per heavy atom.